The van der Waals surface area contributed by atoms with Crippen LogP contribution in [0, 0.1) is 0 Å². The van der Waals surface area contributed by atoms with Crippen LogP contribution in [0.2, 0.25) is 0 Å². The first-order valence-corrected chi connectivity index (χ1v) is 6.54. The number of methoxy groups -OCH3 is 1. The first kappa shape index (κ1) is 13.8. The number of rotatable bonds is 6. The van der Waals surface area contributed by atoms with E-state index in [9.17, 15) is 0 Å². The summed E-state index contributed by atoms with van der Waals surface area (Å²) in [5.74, 6) is 0. The molecule has 0 saturated carbocycles. The van der Waals surface area contributed by atoms with Gasteiger partial charge in [0.1, 0.15) is 0 Å². The summed E-state index contributed by atoms with van der Waals surface area (Å²) in [5, 5.41) is 3.51. The predicted octanol–water partition coefficient (Wildman–Crippen LogP) is 2.56. The van der Waals surface area contributed by atoms with Gasteiger partial charge < -0.3 is 14.6 Å². The number of imidazole rings is 1. The molecule has 1 N–H and O–H groups in total. The number of nitrogens with zero attached hydrogens (tertiary/aromatic N) is 2. The lowest BCUT2D eigenvalue weighted by Gasteiger charge is -2.20. The van der Waals surface area contributed by atoms with E-state index in [1.54, 1.807) is 19.6 Å². The average molecular weight is 259 g/mol. The van der Waals surface area contributed by atoms with Gasteiger partial charge in [0.15, 0.2) is 0 Å². The Labute approximate surface area is 114 Å². The minimum Gasteiger partial charge on any atom is -0.383 e. The first-order chi connectivity index (χ1) is 9.20. The van der Waals surface area contributed by atoms with Gasteiger partial charge in [0.25, 0.3) is 0 Å². The second-order valence-electron chi connectivity index (χ2n) is 4.81. The van der Waals surface area contributed by atoms with Crippen LogP contribution in [-0.2, 0) is 4.74 Å². The minimum atomic E-state index is 0.307. The average Bonchev–Trinajstić information content (AvgIpc) is 2.93. The molecule has 0 amide bonds. The Balaban J connectivity index is 2.02. The molecule has 0 fully saturated rings. The molecular formula is C15H21N3O. The Morgan fingerprint density at radius 3 is 2.58 bits per heavy atom. The van der Waals surface area contributed by atoms with Gasteiger partial charge in [-0.2, -0.15) is 0 Å². The van der Waals surface area contributed by atoms with Crippen molar-refractivity contribution in [3.63, 3.8) is 0 Å². The molecule has 1 aromatic carbocycles. The van der Waals surface area contributed by atoms with Gasteiger partial charge in [-0.3, -0.25) is 0 Å². The number of aromatic nitrogens is 2. The quantitative estimate of drug-likeness (QED) is 0.866. The van der Waals surface area contributed by atoms with E-state index in [0.29, 0.717) is 12.1 Å². The summed E-state index contributed by atoms with van der Waals surface area (Å²) in [6, 6.07) is 9.15. The topological polar surface area (TPSA) is 39.1 Å². The van der Waals surface area contributed by atoms with Crippen LogP contribution in [0.25, 0.3) is 5.69 Å². The number of benzene rings is 1. The van der Waals surface area contributed by atoms with Crippen LogP contribution >= 0.6 is 0 Å². The van der Waals surface area contributed by atoms with Crippen molar-refractivity contribution in [3.05, 3.63) is 48.5 Å². The fourth-order valence-corrected chi connectivity index (χ4v) is 2.17. The number of nitrogens with one attached hydrogen (secondary N) is 1. The maximum Gasteiger partial charge on any atom is 0.0991 e. The summed E-state index contributed by atoms with van der Waals surface area (Å²) in [6.07, 6.45) is 5.53. The molecule has 1 aromatic heterocycles. The van der Waals surface area contributed by atoms with Crippen LogP contribution < -0.4 is 5.32 Å². The molecule has 19 heavy (non-hydrogen) atoms. The predicted molar refractivity (Wildman–Crippen MR) is 76.5 cm³/mol. The van der Waals surface area contributed by atoms with Gasteiger partial charge in [0.2, 0.25) is 0 Å². The van der Waals surface area contributed by atoms with E-state index in [2.05, 4.69) is 48.4 Å². The number of ether oxygens (including phenoxy) is 1. The molecule has 2 atom stereocenters. The zero-order valence-corrected chi connectivity index (χ0v) is 11.7. The van der Waals surface area contributed by atoms with E-state index in [1.807, 2.05) is 10.8 Å². The Morgan fingerprint density at radius 2 is 2.00 bits per heavy atom. The zero-order valence-electron chi connectivity index (χ0n) is 11.7. The van der Waals surface area contributed by atoms with E-state index >= 15 is 0 Å². The van der Waals surface area contributed by atoms with Gasteiger partial charge in [-0.1, -0.05) is 12.1 Å². The summed E-state index contributed by atoms with van der Waals surface area (Å²) in [6.45, 7) is 5.01. The molecule has 0 saturated heterocycles. The molecule has 0 aliphatic rings. The Morgan fingerprint density at radius 1 is 1.26 bits per heavy atom. The van der Waals surface area contributed by atoms with E-state index in [0.717, 1.165) is 12.3 Å². The molecule has 4 heteroatoms. The van der Waals surface area contributed by atoms with Crippen LogP contribution in [0.3, 0.4) is 0 Å². The standard InChI is InChI=1S/C15H21N3O/c1-12(10-19-3)17-13(2)14-4-6-15(7-5-14)18-9-8-16-11-18/h4-9,11-13,17H,10H2,1-3H3. The third-order valence-corrected chi connectivity index (χ3v) is 3.15. The highest BCUT2D eigenvalue weighted by atomic mass is 16.5. The third kappa shape index (κ3) is 3.66. The van der Waals surface area contributed by atoms with Gasteiger partial charge in [-0.05, 0) is 31.5 Å². The second-order valence-corrected chi connectivity index (χ2v) is 4.81. The van der Waals surface area contributed by atoms with E-state index in [-0.39, 0.29) is 0 Å². The fourth-order valence-electron chi connectivity index (χ4n) is 2.17. The highest BCUT2D eigenvalue weighted by molar-refractivity contribution is 5.35. The lowest BCUT2D eigenvalue weighted by atomic mass is 10.1. The van der Waals surface area contributed by atoms with Crippen LogP contribution in [0.1, 0.15) is 25.5 Å². The van der Waals surface area contributed by atoms with E-state index in [1.165, 1.54) is 5.56 Å². The maximum absolute atomic E-state index is 5.14. The highest BCUT2D eigenvalue weighted by Crippen LogP contribution is 2.16. The van der Waals surface area contributed by atoms with Gasteiger partial charge in [0.05, 0.1) is 12.9 Å². The van der Waals surface area contributed by atoms with Crippen molar-refractivity contribution in [2.45, 2.75) is 25.9 Å². The second kappa shape index (κ2) is 6.50. The normalized spacial score (nSPS) is 14.3. The first-order valence-electron chi connectivity index (χ1n) is 6.54. The zero-order chi connectivity index (χ0) is 13.7. The molecule has 0 aliphatic heterocycles. The van der Waals surface area contributed by atoms with Crippen molar-refractivity contribution >= 4 is 0 Å². The molecule has 2 rings (SSSR count). The van der Waals surface area contributed by atoms with E-state index in [4.69, 9.17) is 4.74 Å². The summed E-state index contributed by atoms with van der Waals surface area (Å²) < 4.78 is 7.13. The minimum absolute atomic E-state index is 0.307. The molecule has 2 unspecified atom stereocenters. The molecule has 0 radical (unpaired) electrons. The monoisotopic (exact) mass is 259 g/mol. The Hall–Kier alpha value is -1.65. The van der Waals surface area contributed by atoms with Crippen molar-refractivity contribution < 1.29 is 4.74 Å². The molecule has 0 spiro atoms. The summed E-state index contributed by atoms with van der Waals surface area (Å²) >= 11 is 0. The lowest BCUT2D eigenvalue weighted by molar-refractivity contribution is 0.168. The maximum atomic E-state index is 5.14. The van der Waals surface area contributed by atoms with Crippen molar-refractivity contribution in [1.82, 2.24) is 14.9 Å². The molecule has 0 bridgehead atoms. The van der Waals surface area contributed by atoms with Crippen LogP contribution in [-0.4, -0.2) is 29.3 Å². The van der Waals surface area contributed by atoms with Gasteiger partial charge in [0, 0.05) is 37.3 Å². The van der Waals surface area contributed by atoms with Crippen molar-refractivity contribution in [2.75, 3.05) is 13.7 Å². The Kier molecular flexibility index (Phi) is 4.71. The van der Waals surface area contributed by atoms with Gasteiger partial charge >= 0.3 is 0 Å². The third-order valence-electron chi connectivity index (χ3n) is 3.15. The summed E-state index contributed by atoms with van der Waals surface area (Å²) in [7, 11) is 1.72. The fraction of sp³-hybridized carbons (Fsp3) is 0.400. The molecule has 0 aliphatic carbocycles. The number of hydrogen-bond donors (Lipinski definition) is 1. The van der Waals surface area contributed by atoms with Crippen LogP contribution in [0.15, 0.2) is 43.0 Å². The van der Waals surface area contributed by atoms with Crippen LogP contribution in [0.4, 0.5) is 0 Å². The summed E-state index contributed by atoms with van der Waals surface area (Å²) in [5.41, 5.74) is 2.39. The molecular weight excluding hydrogens is 238 g/mol. The highest BCUT2D eigenvalue weighted by Gasteiger charge is 2.09. The molecule has 4 nitrogen and oxygen atoms in total. The van der Waals surface area contributed by atoms with Crippen molar-refractivity contribution in [1.29, 1.82) is 0 Å². The van der Waals surface area contributed by atoms with Crippen LogP contribution in [0.5, 0.6) is 0 Å². The summed E-state index contributed by atoms with van der Waals surface area (Å²) in [4.78, 5) is 4.05. The van der Waals surface area contributed by atoms with Gasteiger partial charge in [-0.25, -0.2) is 4.98 Å². The van der Waals surface area contributed by atoms with Crippen molar-refractivity contribution in [3.8, 4) is 5.69 Å². The van der Waals surface area contributed by atoms with Gasteiger partial charge in [-0.15, -0.1) is 0 Å². The molecule has 102 valence electrons. The molecule has 1 heterocycles. The number of hydrogen-bond acceptors (Lipinski definition) is 3. The van der Waals surface area contributed by atoms with E-state index < -0.39 is 0 Å². The SMILES string of the molecule is COCC(C)NC(C)c1ccc(-n2ccnc2)cc1. The molecule has 2 aromatic rings. The largest absolute Gasteiger partial charge is 0.383 e. The smallest absolute Gasteiger partial charge is 0.0991 e. The Bertz CT molecular complexity index is 479. The van der Waals surface area contributed by atoms with Crippen molar-refractivity contribution in [2.24, 2.45) is 0 Å². The lowest BCUT2D eigenvalue weighted by Crippen LogP contribution is -2.32.